The van der Waals surface area contributed by atoms with E-state index in [1.165, 1.54) is 0 Å². The Balaban J connectivity index is 1.74. The van der Waals surface area contributed by atoms with Gasteiger partial charge in [-0.2, -0.15) is 0 Å². The van der Waals surface area contributed by atoms with E-state index < -0.39 is 18.5 Å². The topological polar surface area (TPSA) is 84.5 Å². The first-order chi connectivity index (χ1) is 12.0. The van der Waals surface area contributed by atoms with E-state index in [4.69, 9.17) is 4.74 Å². The summed E-state index contributed by atoms with van der Waals surface area (Å²) < 4.78 is 5.80. The molecule has 0 saturated carbocycles. The molecule has 0 aliphatic heterocycles. The molecular formula is C18H17BrN2O4. The quantitative estimate of drug-likeness (QED) is 0.724. The van der Waals surface area contributed by atoms with Gasteiger partial charge in [0.25, 0.3) is 5.91 Å². The maximum atomic E-state index is 11.9. The van der Waals surface area contributed by atoms with E-state index in [0.29, 0.717) is 11.3 Å². The summed E-state index contributed by atoms with van der Waals surface area (Å²) >= 11 is 3.35. The van der Waals surface area contributed by atoms with Crippen molar-refractivity contribution in [3.8, 4) is 0 Å². The van der Waals surface area contributed by atoms with E-state index in [9.17, 15) is 14.4 Å². The number of ether oxygens (including phenoxy) is 1. The fraction of sp³-hybridized carbons (Fsp3) is 0.167. The molecule has 0 aliphatic rings. The van der Waals surface area contributed by atoms with Gasteiger partial charge in [0, 0.05) is 10.2 Å². The summed E-state index contributed by atoms with van der Waals surface area (Å²) in [5.74, 6) is -1.51. The minimum absolute atomic E-state index is 0.211. The van der Waals surface area contributed by atoms with E-state index in [1.807, 2.05) is 19.1 Å². The Bertz CT molecular complexity index is 778. The van der Waals surface area contributed by atoms with Crippen molar-refractivity contribution in [2.45, 2.75) is 6.92 Å². The predicted octanol–water partition coefficient (Wildman–Crippen LogP) is 2.67. The van der Waals surface area contributed by atoms with Crippen molar-refractivity contribution < 1.29 is 19.1 Å². The molecule has 130 valence electrons. The van der Waals surface area contributed by atoms with Gasteiger partial charge in [0.2, 0.25) is 5.91 Å². The van der Waals surface area contributed by atoms with Gasteiger partial charge in [-0.05, 0) is 42.8 Å². The molecule has 2 aromatic rings. The summed E-state index contributed by atoms with van der Waals surface area (Å²) in [5, 5.41) is 5.10. The van der Waals surface area contributed by atoms with Gasteiger partial charge in [-0.1, -0.05) is 34.1 Å². The van der Waals surface area contributed by atoms with Crippen molar-refractivity contribution in [1.29, 1.82) is 0 Å². The van der Waals surface area contributed by atoms with Gasteiger partial charge in [0.1, 0.15) is 0 Å². The highest BCUT2D eigenvalue weighted by Gasteiger charge is 2.11. The molecule has 2 amide bonds. The second kappa shape index (κ2) is 8.98. The number of hydrogen-bond acceptors (Lipinski definition) is 4. The lowest BCUT2D eigenvalue weighted by Gasteiger charge is -2.10. The van der Waals surface area contributed by atoms with Gasteiger partial charge in [0.15, 0.2) is 6.61 Å². The number of carbonyl (C=O) groups excluding carboxylic acids is 3. The van der Waals surface area contributed by atoms with Crippen LogP contribution in [0, 0.1) is 6.92 Å². The first kappa shape index (κ1) is 18.7. The lowest BCUT2D eigenvalue weighted by Crippen LogP contribution is -2.35. The van der Waals surface area contributed by atoms with E-state index >= 15 is 0 Å². The third kappa shape index (κ3) is 6.04. The highest BCUT2D eigenvalue weighted by atomic mass is 79.9. The van der Waals surface area contributed by atoms with E-state index in [1.54, 1.807) is 36.4 Å². The van der Waals surface area contributed by atoms with Crippen molar-refractivity contribution in [1.82, 2.24) is 5.32 Å². The Hall–Kier alpha value is -2.67. The second-order valence-corrected chi connectivity index (χ2v) is 6.14. The second-order valence-electron chi connectivity index (χ2n) is 5.23. The largest absolute Gasteiger partial charge is 0.452 e. The molecule has 0 aromatic heterocycles. The number of nitrogens with one attached hydrogen (secondary N) is 2. The molecule has 0 aliphatic carbocycles. The summed E-state index contributed by atoms with van der Waals surface area (Å²) in [6.07, 6.45) is 0. The zero-order chi connectivity index (χ0) is 18.2. The third-order valence-electron chi connectivity index (χ3n) is 3.25. The van der Waals surface area contributed by atoms with E-state index in [2.05, 4.69) is 26.6 Å². The highest BCUT2D eigenvalue weighted by molar-refractivity contribution is 9.10. The van der Waals surface area contributed by atoms with Crippen LogP contribution in [0.5, 0.6) is 0 Å². The smallest absolute Gasteiger partial charge is 0.338 e. The molecule has 0 fully saturated rings. The van der Waals surface area contributed by atoms with Crippen LogP contribution in [0.4, 0.5) is 5.69 Å². The van der Waals surface area contributed by atoms with Crippen molar-refractivity contribution in [3.63, 3.8) is 0 Å². The fourth-order valence-corrected chi connectivity index (χ4v) is 2.46. The van der Waals surface area contributed by atoms with Crippen molar-refractivity contribution in [2.24, 2.45) is 0 Å². The van der Waals surface area contributed by atoms with Crippen LogP contribution in [0.2, 0.25) is 0 Å². The molecule has 0 unspecified atom stereocenters. The molecule has 6 nitrogen and oxygen atoms in total. The van der Waals surface area contributed by atoms with Crippen LogP contribution in [-0.2, 0) is 14.3 Å². The predicted molar refractivity (Wildman–Crippen MR) is 97.2 cm³/mol. The van der Waals surface area contributed by atoms with Gasteiger partial charge < -0.3 is 15.4 Å². The van der Waals surface area contributed by atoms with Gasteiger partial charge >= 0.3 is 5.97 Å². The molecular weight excluding hydrogens is 388 g/mol. The molecule has 0 bridgehead atoms. The molecule has 0 heterocycles. The molecule has 2 rings (SSSR count). The summed E-state index contributed by atoms with van der Waals surface area (Å²) in [6, 6.07) is 13.8. The average molecular weight is 405 g/mol. The van der Waals surface area contributed by atoms with Crippen LogP contribution in [-0.4, -0.2) is 30.9 Å². The highest BCUT2D eigenvalue weighted by Crippen LogP contribution is 2.19. The van der Waals surface area contributed by atoms with Gasteiger partial charge in [-0.3, -0.25) is 9.59 Å². The Morgan fingerprint density at radius 2 is 1.76 bits per heavy atom. The number of anilines is 1. The molecule has 0 spiro atoms. The van der Waals surface area contributed by atoms with Crippen LogP contribution in [0.15, 0.2) is 53.0 Å². The maximum absolute atomic E-state index is 11.9. The van der Waals surface area contributed by atoms with Crippen LogP contribution in [0.3, 0.4) is 0 Å². The number of carbonyl (C=O) groups is 3. The SMILES string of the molecule is Cc1cc(Br)ccc1NC(=O)CNC(=O)COC(=O)c1ccccc1. The molecule has 2 N–H and O–H groups in total. The standard InChI is InChI=1S/C18H17BrN2O4/c1-12-9-14(19)7-8-15(12)21-16(22)10-20-17(23)11-25-18(24)13-5-3-2-4-6-13/h2-9H,10-11H2,1H3,(H,20,23)(H,21,22). The van der Waals surface area contributed by atoms with Crippen LogP contribution >= 0.6 is 15.9 Å². The number of esters is 1. The maximum Gasteiger partial charge on any atom is 0.338 e. The Labute approximate surface area is 153 Å². The van der Waals surface area contributed by atoms with Crippen molar-refractivity contribution in [3.05, 3.63) is 64.1 Å². The number of halogens is 1. The first-order valence-corrected chi connectivity index (χ1v) is 8.30. The third-order valence-corrected chi connectivity index (χ3v) is 3.75. The Kier molecular flexibility index (Phi) is 6.71. The van der Waals surface area contributed by atoms with Gasteiger partial charge in [-0.25, -0.2) is 4.79 Å². The normalized spacial score (nSPS) is 10.0. The number of aryl methyl sites for hydroxylation is 1. The first-order valence-electron chi connectivity index (χ1n) is 7.50. The van der Waals surface area contributed by atoms with E-state index in [-0.39, 0.29) is 12.5 Å². The summed E-state index contributed by atoms with van der Waals surface area (Å²) in [4.78, 5) is 35.2. The van der Waals surface area contributed by atoms with Gasteiger partial charge in [0.05, 0.1) is 12.1 Å². The number of amides is 2. The summed E-state index contributed by atoms with van der Waals surface area (Å²) in [7, 11) is 0. The minimum atomic E-state index is -0.592. The molecule has 0 saturated heterocycles. The summed E-state index contributed by atoms with van der Waals surface area (Å²) in [6.45, 7) is 1.21. The number of rotatable bonds is 6. The Morgan fingerprint density at radius 1 is 1.04 bits per heavy atom. The van der Waals surface area contributed by atoms with Crippen LogP contribution in [0.1, 0.15) is 15.9 Å². The molecule has 0 atom stereocenters. The van der Waals surface area contributed by atoms with Crippen LogP contribution in [0.25, 0.3) is 0 Å². The number of benzene rings is 2. The van der Waals surface area contributed by atoms with E-state index in [0.717, 1.165) is 10.0 Å². The van der Waals surface area contributed by atoms with Crippen LogP contribution < -0.4 is 10.6 Å². The van der Waals surface area contributed by atoms with Crippen molar-refractivity contribution >= 4 is 39.4 Å². The fourth-order valence-electron chi connectivity index (χ4n) is 1.98. The molecule has 2 aromatic carbocycles. The molecule has 0 radical (unpaired) electrons. The number of hydrogen-bond donors (Lipinski definition) is 2. The monoisotopic (exact) mass is 404 g/mol. The lowest BCUT2D eigenvalue weighted by molar-refractivity contribution is -0.126. The summed E-state index contributed by atoms with van der Waals surface area (Å²) in [5.41, 5.74) is 1.92. The minimum Gasteiger partial charge on any atom is -0.452 e. The Morgan fingerprint density at radius 3 is 2.44 bits per heavy atom. The zero-order valence-corrected chi connectivity index (χ0v) is 15.1. The average Bonchev–Trinajstić information content (AvgIpc) is 2.61. The molecule has 7 heteroatoms. The van der Waals surface area contributed by atoms with Crippen molar-refractivity contribution in [2.75, 3.05) is 18.5 Å². The zero-order valence-electron chi connectivity index (χ0n) is 13.5. The van der Waals surface area contributed by atoms with Gasteiger partial charge in [-0.15, -0.1) is 0 Å². The lowest BCUT2D eigenvalue weighted by atomic mass is 10.2. The molecule has 25 heavy (non-hydrogen) atoms.